The number of aliphatic hydroxyl groups is 1. The van der Waals surface area contributed by atoms with Crippen molar-refractivity contribution in [1.82, 2.24) is 5.32 Å². The van der Waals surface area contributed by atoms with E-state index in [9.17, 15) is 5.11 Å². The molecule has 1 aromatic rings. The van der Waals surface area contributed by atoms with Gasteiger partial charge in [0.2, 0.25) is 0 Å². The summed E-state index contributed by atoms with van der Waals surface area (Å²) in [6.07, 6.45) is 5.28. The monoisotopic (exact) mass is 275 g/mol. The summed E-state index contributed by atoms with van der Waals surface area (Å²) < 4.78 is 0. The van der Waals surface area contributed by atoms with E-state index in [1.807, 2.05) is 6.92 Å². The first-order valence-electron chi connectivity index (χ1n) is 8.00. The van der Waals surface area contributed by atoms with Crippen molar-refractivity contribution in [2.75, 3.05) is 13.1 Å². The molecular weight excluding hydrogens is 246 g/mol. The van der Waals surface area contributed by atoms with Crippen LogP contribution in [0, 0.1) is 5.92 Å². The molecule has 1 aromatic carbocycles. The smallest absolute Gasteiger partial charge is 0.0672 e. The summed E-state index contributed by atoms with van der Waals surface area (Å²) in [6, 6.07) is 6.75. The van der Waals surface area contributed by atoms with Gasteiger partial charge < -0.3 is 10.4 Å². The minimum absolute atomic E-state index is 0.614. The summed E-state index contributed by atoms with van der Waals surface area (Å²) in [5, 5.41) is 14.0. The van der Waals surface area contributed by atoms with Crippen LogP contribution in [-0.4, -0.2) is 23.8 Å². The minimum Gasteiger partial charge on any atom is -0.390 e. The number of fused-ring (bicyclic) bond motifs is 1. The lowest BCUT2D eigenvalue weighted by Crippen LogP contribution is -2.33. The molecule has 0 fully saturated rings. The van der Waals surface area contributed by atoms with Crippen LogP contribution < -0.4 is 5.32 Å². The highest BCUT2D eigenvalue weighted by atomic mass is 16.3. The second kappa shape index (κ2) is 6.73. The van der Waals surface area contributed by atoms with E-state index in [2.05, 4.69) is 37.4 Å². The van der Waals surface area contributed by atoms with Crippen molar-refractivity contribution in [2.45, 2.75) is 58.5 Å². The topological polar surface area (TPSA) is 32.3 Å². The van der Waals surface area contributed by atoms with Crippen molar-refractivity contribution in [3.05, 3.63) is 34.9 Å². The van der Waals surface area contributed by atoms with E-state index >= 15 is 0 Å². The molecule has 0 heterocycles. The fourth-order valence-corrected chi connectivity index (χ4v) is 3.01. The van der Waals surface area contributed by atoms with E-state index in [1.165, 1.54) is 36.0 Å². The highest BCUT2D eigenvalue weighted by Gasteiger charge is 2.21. The minimum atomic E-state index is -0.614. The van der Waals surface area contributed by atoms with Gasteiger partial charge in [-0.15, -0.1) is 0 Å². The van der Waals surface area contributed by atoms with Gasteiger partial charge in [-0.25, -0.2) is 0 Å². The van der Waals surface area contributed by atoms with E-state index in [-0.39, 0.29) is 0 Å². The Balaban J connectivity index is 1.84. The molecule has 2 rings (SSSR count). The van der Waals surface area contributed by atoms with Crippen LogP contribution in [-0.2, 0) is 19.3 Å². The van der Waals surface area contributed by atoms with Gasteiger partial charge in [0.25, 0.3) is 0 Å². The second-order valence-corrected chi connectivity index (χ2v) is 6.98. The summed E-state index contributed by atoms with van der Waals surface area (Å²) in [5.41, 5.74) is 3.67. The van der Waals surface area contributed by atoms with Gasteiger partial charge in [0.1, 0.15) is 0 Å². The summed E-state index contributed by atoms with van der Waals surface area (Å²) in [5.74, 6) is 0.664. The van der Waals surface area contributed by atoms with Crippen LogP contribution >= 0.6 is 0 Å². The molecule has 0 spiro atoms. The lowest BCUT2D eigenvalue weighted by Gasteiger charge is -2.24. The molecular formula is C18H29NO. The van der Waals surface area contributed by atoms with Crippen LogP contribution in [0.3, 0.4) is 0 Å². The van der Waals surface area contributed by atoms with E-state index in [4.69, 9.17) is 0 Å². The van der Waals surface area contributed by atoms with Gasteiger partial charge in [0.05, 0.1) is 5.60 Å². The molecule has 2 nitrogen and oxygen atoms in total. The van der Waals surface area contributed by atoms with Crippen LogP contribution in [0.25, 0.3) is 0 Å². The largest absolute Gasteiger partial charge is 0.390 e. The third-order valence-corrected chi connectivity index (χ3v) is 4.14. The third kappa shape index (κ3) is 4.60. The van der Waals surface area contributed by atoms with Crippen molar-refractivity contribution in [1.29, 1.82) is 0 Å². The van der Waals surface area contributed by atoms with Crippen molar-refractivity contribution < 1.29 is 5.11 Å². The molecule has 0 bridgehead atoms. The molecule has 0 aliphatic heterocycles. The number of aryl methyl sites for hydroxylation is 2. The van der Waals surface area contributed by atoms with E-state index in [0.29, 0.717) is 5.92 Å². The molecule has 0 aromatic heterocycles. The first-order chi connectivity index (χ1) is 9.46. The summed E-state index contributed by atoms with van der Waals surface area (Å²) >= 11 is 0. The molecule has 1 unspecified atom stereocenters. The summed E-state index contributed by atoms with van der Waals surface area (Å²) in [7, 11) is 0. The highest BCUT2D eigenvalue weighted by Crippen LogP contribution is 2.25. The standard InChI is InChI=1S/C18H29NO/c1-14(2)13-19-10-9-18(3,20)12-15-7-8-16-5-4-6-17(16)11-15/h7-8,11,14,19-20H,4-6,9-10,12-13H2,1-3H3. The van der Waals surface area contributed by atoms with Crippen molar-refractivity contribution in [3.8, 4) is 0 Å². The highest BCUT2D eigenvalue weighted by molar-refractivity contribution is 5.35. The molecule has 2 N–H and O–H groups in total. The van der Waals surface area contributed by atoms with Gasteiger partial charge in [-0.05, 0) is 68.3 Å². The Labute approximate surface area is 123 Å². The molecule has 0 amide bonds. The zero-order valence-corrected chi connectivity index (χ0v) is 13.2. The van der Waals surface area contributed by atoms with Crippen LogP contribution in [0.2, 0.25) is 0 Å². The van der Waals surface area contributed by atoms with E-state index < -0.39 is 5.60 Å². The lowest BCUT2D eigenvalue weighted by molar-refractivity contribution is 0.0514. The molecule has 0 saturated carbocycles. The molecule has 1 aliphatic carbocycles. The quantitative estimate of drug-likeness (QED) is 0.749. The summed E-state index contributed by atoms with van der Waals surface area (Å²) in [6.45, 7) is 8.27. The van der Waals surface area contributed by atoms with Crippen molar-refractivity contribution in [2.24, 2.45) is 5.92 Å². The molecule has 0 saturated heterocycles. The number of hydrogen-bond acceptors (Lipinski definition) is 2. The van der Waals surface area contributed by atoms with E-state index in [1.54, 1.807) is 0 Å². The normalized spacial score (nSPS) is 17.2. The maximum absolute atomic E-state index is 10.5. The Kier molecular flexibility index (Phi) is 5.22. The van der Waals surface area contributed by atoms with Gasteiger partial charge in [-0.3, -0.25) is 0 Å². The first-order valence-corrected chi connectivity index (χ1v) is 8.00. The molecule has 2 heteroatoms. The first kappa shape index (κ1) is 15.5. The Morgan fingerprint density at radius 3 is 2.75 bits per heavy atom. The second-order valence-electron chi connectivity index (χ2n) is 6.98. The van der Waals surface area contributed by atoms with Crippen LogP contribution in [0.15, 0.2) is 18.2 Å². The number of nitrogens with one attached hydrogen (secondary N) is 1. The lowest BCUT2D eigenvalue weighted by atomic mass is 9.91. The molecule has 1 atom stereocenters. The van der Waals surface area contributed by atoms with Crippen molar-refractivity contribution in [3.63, 3.8) is 0 Å². The number of hydrogen-bond donors (Lipinski definition) is 2. The Morgan fingerprint density at radius 1 is 1.25 bits per heavy atom. The van der Waals surface area contributed by atoms with Gasteiger partial charge in [0, 0.05) is 6.42 Å². The van der Waals surface area contributed by atoms with E-state index in [0.717, 1.165) is 25.9 Å². The van der Waals surface area contributed by atoms with Gasteiger partial charge in [0.15, 0.2) is 0 Å². The zero-order chi connectivity index (χ0) is 14.6. The number of benzene rings is 1. The Hall–Kier alpha value is -0.860. The third-order valence-electron chi connectivity index (χ3n) is 4.14. The SMILES string of the molecule is CC(C)CNCCC(C)(O)Cc1ccc2c(c1)CCC2. The summed E-state index contributed by atoms with van der Waals surface area (Å²) in [4.78, 5) is 0. The average Bonchev–Trinajstić information content (AvgIpc) is 2.81. The Morgan fingerprint density at radius 2 is 2.00 bits per heavy atom. The maximum atomic E-state index is 10.5. The zero-order valence-electron chi connectivity index (χ0n) is 13.2. The van der Waals surface area contributed by atoms with Crippen LogP contribution in [0.5, 0.6) is 0 Å². The number of rotatable bonds is 7. The fourth-order valence-electron chi connectivity index (χ4n) is 3.01. The van der Waals surface area contributed by atoms with Gasteiger partial charge >= 0.3 is 0 Å². The maximum Gasteiger partial charge on any atom is 0.0672 e. The fraction of sp³-hybridized carbons (Fsp3) is 0.667. The molecule has 1 aliphatic rings. The van der Waals surface area contributed by atoms with Gasteiger partial charge in [-0.2, -0.15) is 0 Å². The molecule has 0 radical (unpaired) electrons. The van der Waals surface area contributed by atoms with Gasteiger partial charge in [-0.1, -0.05) is 32.0 Å². The average molecular weight is 275 g/mol. The molecule has 20 heavy (non-hydrogen) atoms. The molecule has 112 valence electrons. The predicted molar refractivity (Wildman–Crippen MR) is 85.1 cm³/mol. The van der Waals surface area contributed by atoms with Crippen LogP contribution in [0.4, 0.5) is 0 Å². The van der Waals surface area contributed by atoms with Crippen LogP contribution in [0.1, 0.15) is 50.3 Å². The van der Waals surface area contributed by atoms with Crippen molar-refractivity contribution >= 4 is 0 Å². The Bertz CT molecular complexity index is 437. The predicted octanol–water partition coefficient (Wildman–Crippen LogP) is 3.10.